The summed E-state index contributed by atoms with van der Waals surface area (Å²) in [6, 6.07) is 7.96. The first kappa shape index (κ1) is 24.1. The third kappa shape index (κ3) is 5.71. The topological polar surface area (TPSA) is 90.4 Å². The normalized spacial score (nSPS) is 11.1. The van der Waals surface area contributed by atoms with E-state index in [0.717, 1.165) is 0 Å². The molecule has 3 rings (SSSR count). The number of anilines is 2. The summed E-state index contributed by atoms with van der Waals surface area (Å²) in [5.41, 5.74) is 0.798. The smallest absolute Gasteiger partial charge is 0.163 e. The molecule has 162 valence electrons. The second kappa shape index (κ2) is 10.2. The highest BCUT2D eigenvalue weighted by molar-refractivity contribution is 9.10. The highest BCUT2D eigenvalue weighted by Crippen LogP contribution is 2.35. The Hall–Kier alpha value is -2.17. The number of rotatable bonds is 8. The minimum absolute atomic E-state index is 0. The van der Waals surface area contributed by atoms with Crippen LogP contribution in [-0.2, 0) is 9.84 Å². The molecule has 0 aliphatic carbocycles. The number of hydrogen-bond acceptors (Lipinski definition) is 7. The SMILES string of the molecule is CCS(=O)(=O)CCOc1cc2ncnc(Nc3ccc(Br)cc3F)c2cc1OC.Cl. The summed E-state index contributed by atoms with van der Waals surface area (Å²) < 4.78 is 49.1. The number of nitrogens with zero attached hydrogens (tertiary/aromatic N) is 2. The van der Waals surface area contributed by atoms with Gasteiger partial charge in [0.1, 0.15) is 24.6 Å². The van der Waals surface area contributed by atoms with Gasteiger partial charge >= 0.3 is 0 Å². The lowest BCUT2D eigenvalue weighted by molar-refractivity contribution is 0.312. The van der Waals surface area contributed by atoms with Gasteiger partial charge in [-0.3, -0.25) is 0 Å². The van der Waals surface area contributed by atoms with Crippen molar-refractivity contribution >= 4 is 60.6 Å². The van der Waals surface area contributed by atoms with Crippen LogP contribution in [0.25, 0.3) is 10.9 Å². The van der Waals surface area contributed by atoms with Crippen LogP contribution in [0, 0.1) is 5.82 Å². The average Bonchev–Trinajstić information content (AvgIpc) is 2.69. The van der Waals surface area contributed by atoms with E-state index in [-0.39, 0.29) is 36.2 Å². The summed E-state index contributed by atoms with van der Waals surface area (Å²) in [6.45, 7) is 1.59. The maximum atomic E-state index is 14.2. The van der Waals surface area contributed by atoms with E-state index in [1.165, 1.54) is 19.5 Å². The van der Waals surface area contributed by atoms with Gasteiger partial charge in [0.25, 0.3) is 0 Å². The minimum atomic E-state index is -3.14. The van der Waals surface area contributed by atoms with Crippen molar-refractivity contribution in [1.29, 1.82) is 0 Å². The van der Waals surface area contributed by atoms with E-state index in [9.17, 15) is 12.8 Å². The second-order valence-electron chi connectivity index (χ2n) is 6.08. The van der Waals surface area contributed by atoms with Gasteiger partial charge in [0.2, 0.25) is 0 Å². The van der Waals surface area contributed by atoms with Crippen molar-refractivity contribution in [3.63, 3.8) is 0 Å². The van der Waals surface area contributed by atoms with Gasteiger partial charge < -0.3 is 14.8 Å². The summed E-state index contributed by atoms with van der Waals surface area (Å²) in [7, 11) is -1.67. The van der Waals surface area contributed by atoms with Crippen LogP contribution in [0.3, 0.4) is 0 Å². The Morgan fingerprint density at radius 2 is 1.93 bits per heavy atom. The molecule has 0 aliphatic rings. The van der Waals surface area contributed by atoms with Crippen LogP contribution in [-0.4, -0.2) is 43.6 Å². The van der Waals surface area contributed by atoms with Crippen molar-refractivity contribution in [2.75, 3.05) is 30.5 Å². The Labute approximate surface area is 188 Å². The van der Waals surface area contributed by atoms with Crippen molar-refractivity contribution < 1.29 is 22.3 Å². The van der Waals surface area contributed by atoms with E-state index in [0.29, 0.717) is 32.7 Å². The highest BCUT2D eigenvalue weighted by Gasteiger charge is 2.14. The molecule has 7 nitrogen and oxygen atoms in total. The van der Waals surface area contributed by atoms with Gasteiger partial charge in [0, 0.05) is 21.7 Å². The first-order valence-corrected chi connectivity index (χ1v) is 11.3. The average molecular weight is 521 g/mol. The Morgan fingerprint density at radius 1 is 1.17 bits per heavy atom. The van der Waals surface area contributed by atoms with Crippen LogP contribution in [0.2, 0.25) is 0 Å². The van der Waals surface area contributed by atoms with Gasteiger partial charge in [-0.15, -0.1) is 12.4 Å². The summed E-state index contributed by atoms with van der Waals surface area (Å²) in [6.07, 6.45) is 1.35. The Balaban J connectivity index is 0.00000320. The molecule has 30 heavy (non-hydrogen) atoms. The quantitative estimate of drug-likeness (QED) is 0.467. The van der Waals surface area contributed by atoms with Gasteiger partial charge in [-0.05, 0) is 24.3 Å². The molecule has 2 aromatic carbocycles. The van der Waals surface area contributed by atoms with Crippen LogP contribution in [0.4, 0.5) is 15.9 Å². The molecule has 0 amide bonds. The molecule has 3 aromatic rings. The van der Waals surface area contributed by atoms with Crippen molar-refractivity contribution in [2.24, 2.45) is 0 Å². The van der Waals surface area contributed by atoms with E-state index in [4.69, 9.17) is 9.47 Å². The molecule has 0 fully saturated rings. The molecule has 0 bridgehead atoms. The predicted octanol–water partition coefficient (Wildman–Crippen LogP) is 4.52. The summed E-state index contributed by atoms with van der Waals surface area (Å²) in [5.74, 6) is 0.681. The van der Waals surface area contributed by atoms with Crippen LogP contribution in [0.1, 0.15) is 6.92 Å². The number of methoxy groups -OCH3 is 1. The van der Waals surface area contributed by atoms with E-state index < -0.39 is 15.7 Å². The lowest BCUT2D eigenvalue weighted by Crippen LogP contribution is -2.15. The van der Waals surface area contributed by atoms with Gasteiger partial charge in [-0.25, -0.2) is 22.8 Å². The molecule has 0 spiro atoms. The minimum Gasteiger partial charge on any atom is -0.493 e. The molecular formula is C19H20BrClFN3O4S. The number of aromatic nitrogens is 2. The standard InChI is InChI=1S/C19H19BrFN3O4S.ClH/c1-3-29(25,26)7-6-28-18-10-16-13(9-17(18)27-2)19(23-11-22-16)24-15-5-4-12(20)8-14(15)21;/h4-5,8-11H,3,6-7H2,1-2H3,(H,22,23,24);1H. The highest BCUT2D eigenvalue weighted by atomic mass is 79.9. The molecule has 11 heteroatoms. The second-order valence-corrected chi connectivity index (χ2v) is 9.46. The van der Waals surface area contributed by atoms with Gasteiger partial charge in [0.15, 0.2) is 21.3 Å². The van der Waals surface area contributed by atoms with Gasteiger partial charge in [0.05, 0.1) is 24.1 Å². The van der Waals surface area contributed by atoms with Crippen molar-refractivity contribution in [3.05, 3.63) is 46.9 Å². The fraction of sp³-hybridized carbons (Fsp3) is 0.263. The Bertz CT molecular complexity index is 1150. The van der Waals surface area contributed by atoms with Crippen molar-refractivity contribution in [1.82, 2.24) is 9.97 Å². The molecule has 0 saturated heterocycles. The molecule has 0 atom stereocenters. The summed E-state index contributed by atoms with van der Waals surface area (Å²) in [4.78, 5) is 8.42. The Morgan fingerprint density at radius 3 is 2.60 bits per heavy atom. The Kier molecular flexibility index (Phi) is 8.22. The van der Waals surface area contributed by atoms with Gasteiger partial charge in [-0.1, -0.05) is 22.9 Å². The van der Waals surface area contributed by atoms with Crippen LogP contribution in [0.15, 0.2) is 41.1 Å². The first-order valence-electron chi connectivity index (χ1n) is 8.71. The third-order valence-electron chi connectivity index (χ3n) is 4.20. The fourth-order valence-electron chi connectivity index (χ4n) is 2.58. The molecule has 0 saturated carbocycles. The number of ether oxygens (including phenoxy) is 2. The van der Waals surface area contributed by atoms with Crippen LogP contribution >= 0.6 is 28.3 Å². The van der Waals surface area contributed by atoms with E-state index in [2.05, 4.69) is 31.2 Å². The molecule has 0 unspecified atom stereocenters. The number of nitrogens with one attached hydrogen (secondary N) is 1. The summed E-state index contributed by atoms with van der Waals surface area (Å²) in [5, 5.41) is 3.56. The number of halogens is 3. The van der Waals surface area contributed by atoms with Crippen LogP contribution in [0.5, 0.6) is 11.5 Å². The van der Waals surface area contributed by atoms with Crippen molar-refractivity contribution in [3.8, 4) is 11.5 Å². The first-order chi connectivity index (χ1) is 13.8. The number of sulfone groups is 1. The maximum absolute atomic E-state index is 14.2. The maximum Gasteiger partial charge on any atom is 0.163 e. The zero-order valence-electron chi connectivity index (χ0n) is 16.2. The fourth-order valence-corrected chi connectivity index (χ4v) is 3.54. The van der Waals surface area contributed by atoms with E-state index in [1.54, 1.807) is 31.2 Å². The number of hydrogen-bond donors (Lipinski definition) is 1. The largest absolute Gasteiger partial charge is 0.493 e. The van der Waals surface area contributed by atoms with Crippen molar-refractivity contribution in [2.45, 2.75) is 6.92 Å². The van der Waals surface area contributed by atoms with E-state index in [1.807, 2.05) is 0 Å². The van der Waals surface area contributed by atoms with E-state index >= 15 is 0 Å². The molecule has 0 radical (unpaired) electrons. The molecular weight excluding hydrogens is 501 g/mol. The monoisotopic (exact) mass is 519 g/mol. The molecule has 1 aromatic heterocycles. The zero-order chi connectivity index (χ0) is 21.0. The van der Waals surface area contributed by atoms with Gasteiger partial charge in [-0.2, -0.15) is 0 Å². The lowest BCUT2D eigenvalue weighted by Gasteiger charge is -2.14. The third-order valence-corrected chi connectivity index (χ3v) is 6.36. The van der Waals surface area contributed by atoms with Crippen LogP contribution < -0.4 is 14.8 Å². The predicted molar refractivity (Wildman–Crippen MR) is 121 cm³/mol. The number of fused-ring (bicyclic) bond motifs is 1. The zero-order valence-corrected chi connectivity index (χ0v) is 19.4. The molecule has 1 heterocycles. The molecule has 0 aliphatic heterocycles. The number of benzene rings is 2. The molecule has 1 N–H and O–H groups in total. The summed E-state index contributed by atoms with van der Waals surface area (Å²) >= 11 is 3.22. The lowest BCUT2D eigenvalue weighted by atomic mass is 10.2.